The highest BCUT2D eigenvalue weighted by atomic mass is 16.5. The van der Waals surface area contributed by atoms with E-state index in [-0.39, 0.29) is 0 Å². The van der Waals surface area contributed by atoms with Crippen LogP contribution in [0.2, 0.25) is 0 Å². The van der Waals surface area contributed by atoms with E-state index in [0.717, 1.165) is 5.69 Å². The number of methoxy groups -OCH3 is 4. The summed E-state index contributed by atoms with van der Waals surface area (Å²) in [6, 6.07) is 5.71. The second-order valence-corrected chi connectivity index (χ2v) is 5.65. The summed E-state index contributed by atoms with van der Waals surface area (Å²) in [5.41, 5.74) is 3.02. The highest BCUT2D eigenvalue weighted by molar-refractivity contribution is 5.92. The molecule has 0 unspecified atom stereocenters. The maximum Gasteiger partial charge on any atom is 0.330 e. The maximum atomic E-state index is 11.6. The molecule has 0 radical (unpaired) electrons. The van der Waals surface area contributed by atoms with Crippen LogP contribution < -0.4 is 19.5 Å². The second-order valence-electron chi connectivity index (χ2n) is 5.65. The molecule has 2 N–H and O–H groups in total. The van der Waals surface area contributed by atoms with Crippen LogP contribution in [0.25, 0.3) is 17.2 Å². The Morgan fingerprint density at radius 3 is 2.43 bits per heavy atom. The minimum atomic E-state index is -0.523. The van der Waals surface area contributed by atoms with E-state index in [1.165, 1.54) is 34.5 Å². The Morgan fingerprint density at radius 2 is 1.89 bits per heavy atom. The number of aromatic amines is 1. The van der Waals surface area contributed by atoms with Crippen LogP contribution in [-0.4, -0.2) is 46.4 Å². The van der Waals surface area contributed by atoms with Gasteiger partial charge in [0, 0.05) is 35.0 Å². The highest BCUT2D eigenvalue weighted by Gasteiger charge is 2.24. The van der Waals surface area contributed by atoms with Crippen LogP contribution in [0.4, 0.5) is 0 Å². The Balaban J connectivity index is 2.83. The number of H-pyrrole nitrogens is 1. The molecular weight excluding hydrogens is 362 g/mol. The fraction of sp³-hybridized carbons (Fsp3) is 0.300. The van der Waals surface area contributed by atoms with Crippen LogP contribution in [-0.2, 0) is 16.1 Å². The Hall–Kier alpha value is -3.44. The van der Waals surface area contributed by atoms with Crippen molar-refractivity contribution in [1.82, 2.24) is 10.3 Å². The molecule has 0 amide bonds. The van der Waals surface area contributed by atoms with Crippen LogP contribution in [0.15, 0.2) is 18.2 Å². The number of hydrogen-bond donors (Lipinski definition) is 2. The van der Waals surface area contributed by atoms with Gasteiger partial charge in [0.05, 0.1) is 28.4 Å². The zero-order valence-electron chi connectivity index (χ0n) is 16.5. The van der Waals surface area contributed by atoms with Gasteiger partial charge < -0.3 is 29.2 Å². The van der Waals surface area contributed by atoms with Gasteiger partial charge in [0.2, 0.25) is 5.75 Å². The maximum absolute atomic E-state index is 11.6. The lowest BCUT2D eigenvalue weighted by Gasteiger charge is -2.17. The molecule has 28 heavy (non-hydrogen) atoms. The number of esters is 1. The topological polar surface area (TPSA) is 106 Å². The summed E-state index contributed by atoms with van der Waals surface area (Å²) in [6.07, 6.45) is 2.81. The van der Waals surface area contributed by atoms with Gasteiger partial charge in [0.25, 0.3) is 0 Å². The van der Waals surface area contributed by atoms with Crippen LogP contribution in [0.1, 0.15) is 17.0 Å². The predicted octanol–water partition coefficient (Wildman–Crippen LogP) is 2.48. The summed E-state index contributed by atoms with van der Waals surface area (Å²) < 4.78 is 21.1. The van der Waals surface area contributed by atoms with Gasteiger partial charge in [-0.3, -0.25) is 0 Å². The molecule has 1 heterocycles. The van der Waals surface area contributed by atoms with Crippen molar-refractivity contribution in [2.24, 2.45) is 0 Å². The molecule has 2 aromatic rings. The Morgan fingerprint density at radius 1 is 1.18 bits per heavy atom. The van der Waals surface area contributed by atoms with E-state index in [1.807, 2.05) is 6.07 Å². The first-order chi connectivity index (χ1) is 13.6. The van der Waals surface area contributed by atoms with Gasteiger partial charge in [0.15, 0.2) is 11.5 Å². The molecule has 0 fully saturated rings. The Bertz CT molecular complexity index is 925. The minimum Gasteiger partial charge on any atom is -0.493 e. The smallest absolute Gasteiger partial charge is 0.330 e. The molecule has 0 spiro atoms. The molecule has 8 nitrogen and oxygen atoms in total. The summed E-state index contributed by atoms with van der Waals surface area (Å²) in [5, 5.41) is 12.6. The number of carbonyl (C=O) groups is 1. The monoisotopic (exact) mass is 385 g/mol. The van der Waals surface area contributed by atoms with Gasteiger partial charge in [0.1, 0.15) is 11.8 Å². The molecule has 0 saturated heterocycles. The number of nitrogens with one attached hydrogen (secondary N) is 2. The van der Waals surface area contributed by atoms with Gasteiger partial charge in [-0.1, -0.05) is 0 Å². The normalized spacial score (nSPS) is 10.6. The van der Waals surface area contributed by atoms with Crippen molar-refractivity contribution < 1.29 is 23.7 Å². The van der Waals surface area contributed by atoms with E-state index in [0.29, 0.717) is 46.2 Å². The molecule has 2 rings (SSSR count). The molecular formula is C20H23N3O5. The summed E-state index contributed by atoms with van der Waals surface area (Å²) >= 11 is 0. The first-order valence-electron chi connectivity index (χ1n) is 8.41. The quantitative estimate of drug-likeness (QED) is 0.531. The molecule has 0 bridgehead atoms. The van der Waals surface area contributed by atoms with Crippen molar-refractivity contribution in [3.8, 4) is 34.4 Å². The molecule has 1 aromatic carbocycles. The predicted molar refractivity (Wildman–Crippen MR) is 104 cm³/mol. The van der Waals surface area contributed by atoms with E-state index < -0.39 is 5.97 Å². The number of rotatable bonds is 8. The number of ether oxygens (including phenoxy) is 4. The van der Waals surface area contributed by atoms with Crippen LogP contribution >= 0.6 is 0 Å². The largest absolute Gasteiger partial charge is 0.493 e. The molecule has 8 heteroatoms. The van der Waals surface area contributed by atoms with Crippen LogP contribution in [0.3, 0.4) is 0 Å². The van der Waals surface area contributed by atoms with Gasteiger partial charge in [-0.2, -0.15) is 5.26 Å². The average molecular weight is 385 g/mol. The lowest BCUT2D eigenvalue weighted by molar-refractivity contribution is -0.134. The molecule has 0 aliphatic rings. The van der Waals surface area contributed by atoms with Gasteiger partial charge in [-0.15, -0.1) is 0 Å². The third-order valence-electron chi connectivity index (χ3n) is 4.14. The van der Waals surface area contributed by atoms with Crippen molar-refractivity contribution in [2.75, 3.05) is 35.5 Å². The van der Waals surface area contributed by atoms with Gasteiger partial charge >= 0.3 is 5.97 Å². The number of carbonyl (C=O) groups excluding carboxylic acids is 1. The van der Waals surface area contributed by atoms with Crippen LogP contribution in [0.5, 0.6) is 17.2 Å². The van der Waals surface area contributed by atoms with Crippen molar-refractivity contribution in [3.05, 3.63) is 35.2 Å². The lowest BCUT2D eigenvalue weighted by atomic mass is 9.97. The van der Waals surface area contributed by atoms with Crippen molar-refractivity contribution in [1.29, 1.82) is 5.26 Å². The Labute approximate surface area is 163 Å². The van der Waals surface area contributed by atoms with Crippen molar-refractivity contribution in [2.45, 2.75) is 6.54 Å². The first-order valence-corrected chi connectivity index (χ1v) is 8.41. The zero-order valence-corrected chi connectivity index (χ0v) is 16.5. The third-order valence-corrected chi connectivity index (χ3v) is 4.14. The van der Waals surface area contributed by atoms with E-state index in [1.54, 1.807) is 19.2 Å². The fourth-order valence-corrected chi connectivity index (χ4v) is 2.96. The summed E-state index contributed by atoms with van der Waals surface area (Å²) in [5.74, 6) is 0.877. The molecule has 148 valence electrons. The number of aromatic nitrogens is 1. The molecule has 0 aliphatic heterocycles. The SMILES string of the molecule is CNCc1[nH]c(C#N)c(C=CC(=O)OC)c1-c1ccc(OC)c(OC)c1OC. The second kappa shape index (κ2) is 9.48. The van der Waals surface area contributed by atoms with Crippen molar-refractivity contribution >= 4 is 12.0 Å². The summed E-state index contributed by atoms with van der Waals surface area (Å²) in [7, 11) is 7.68. The summed E-state index contributed by atoms with van der Waals surface area (Å²) in [4.78, 5) is 14.7. The lowest BCUT2D eigenvalue weighted by Crippen LogP contribution is -2.07. The highest BCUT2D eigenvalue weighted by Crippen LogP contribution is 2.46. The number of nitrogens with zero attached hydrogens (tertiary/aromatic N) is 1. The standard InChI is InChI=1S/C20H23N3O5/c1-22-11-15-18(12(14(10-21)23-15)7-9-17(24)26-3)13-6-8-16(25-2)20(28-5)19(13)27-4/h6-9,22-23H,11H2,1-5H3. The minimum absolute atomic E-state index is 0.317. The third kappa shape index (κ3) is 3.94. The number of benzene rings is 1. The van der Waals surface area contributed by atoms with Gasteiger partial charge in [-0.25, -0.2) is 4.79 Å². The fourth-order valence-electron chi connectivity index (χ4n) is 2.96. The molecule has 0 saturated carbocycles. The zero-order chi connectivity index (χ0) is 20.7. The van der Waals surface area contributed by atoms with E-state index in [2.05, 4.69) is 21.1 Å². The van der Waals surface area contributed by atoms with E-state index in [4.69, 9.17) is 14.2 Å². The van der Waals surface area contributed by atoms with Crippen LogP contribution in [0, 0.1) is 11.3 Å². The van der Waals surface area contributed by atoms with E-state index in [9.17, 15) is 10.1 Å². The molecule has 1 aromatic heterocycles. The van der Waals surface area contributed by atoms with E-state index >= 15 is 0 Å². The van der Waals surface area contributed by atoms with Gasteiger partial charge in [-0.05, 0) is 25.3 Å². The average Bonchev–Trinajstić information content (AvgIpc) is 3.07. The van der Waals surface area contributed by atoms with Crippen molar-refractivity contribution in [3.63, 3.8) is 0 Å². The number of nitriles is 1. The molecule has 0 aliphatic carbocycles. The first kappa shape index (κ1) is 20.9. The molecule has 0 atom stereocenters. The summed E-state index contributed by atoms with van der Waals surface area (Å²) in [6.45, 7) is 0.466. The Kier molecular flexibility index (Phi) is 7.07. The number of hydrogen-bond acceptors (Lipinski definition) is 7.